The third kappa shape index (κ3) is 70.9. The first-order chi connectivity index (χ1) is 41.8. The average Bonchev–Trinajstić information content (AvgIpc) is 3.52. The van der Waals surface area contributed by atoms with Crippen LogP contribution in [0.4, 0.5) is 0 Å². The fraction of sp³-hybridized carbons (Fsp3) is 0.867. The maximum atomic E-state index is 12.8. The summed E-state index contributed by atoms with van der Waals surface area (Å²) in [7, 11) is -4.39. The Morgan fingerprint density at radius 3 is 0.965 bits per heavy atom. The largest absolute Gasteiger partial charge is 0.472 e. The van der Waals surface area contributed by atoms with E-state index in [1.54, 1.807) is 0 Å². The zero-order chi connectivity index (χ0) is 61.6. The Hall–Kier alpha value is -2.03. The molecule has 0 fully saturated rings. The van der Waals surface area contributed by atoms with E-state index in [9.17, 15) is 19.0 Å². The Morgan fingerprint density at radius 1 is 0.365 bits per heavy atom. The van der Waals surface area contributed by atoms with Gasteiger partial charge >= 0.3 is 19.8 Å². The van der Waals surface area contributed by atoms with Gasteiger partial charge in [0.15, 0.2) is 6.10 Å². The number of carbonyl (C=O) groups is 2. The first kappa shape index (κ1) is 83.0. The van der Waals surface area contributed by atoms with E-state index in [0.717, 1.165) is 57.8 Å². The summed E-state index contributed by atoms with van der Waals surface area (Å²) in [5, 5.41) is 0. The first-order valence-corrected chi connectivity index (χ1v) is 38.6. The van der Waals surface area contributed by atoms with E-state index >= 15 is 0 Å². The Balaban J connectivity index is 3.79. The molecule has 0 aromatic heterocycles. The van der Waals surface area contributed by atoms with Gasteiger partial charge in [-0.3, -0.25) is 18.6 Å². The predicted octanol–water partition coefficient (Wildman–Crippen LogP) is 24.4. The monoisotopic (exact) mass is 1220 g/mol. The van der Waals surface area contributed by atoms with Crippen molar-refractivity contribution in [3.63, 3.8) is 0 Å². The van der Waals surface area contributed by atoms with E-state index in [2.05, 4.69) is 62.5 Å². The number of phosphoric acid groups is 1. The molecule has 10 heteroatoms. The van der Waals surface area contributed by atoms with Gasteiger partial charge in [0, 0.05) is 19.4 Å². The minimum absolute atomic E-state index is 0.0556. The number of rotatable bonds is 71. The minimum Gasteiger partial charge on any atom is -0.462 e. The Morgan fingerprint density at radius 2 is 0.647 bits per heavy atom. The van der Waals surface area contributed by atoms with Gasteiger partial charge in [-0.05, 0) is 51.4 Å². The smallest absolute Gasteiger partial charge is 0.462 e. The molecular formula is C75H142NO8P. The van der Waals surface area contributed by atoms with Crippen molar-refractivity contribution in [3.05, 3.63) is 48.6 Å². The molecule has 0 saturated heterocycles. The molecule has 2 unspecified atom stereocenters. The number of ether oxygens (including phenoxy) is 2. The summed E-state index contributed by atoms with van der Waals surface area (Å²) in [4.78, 5) is 35.4. The number of nitrogens with two attached hydrogens (primary N) is 1. The van der Waals surface area contributed by atoms with Crippen LogP contribution in [0, 0.1) is 0 Å². The van der Waals surface area contributed by atoms with Gasteiger partial charge in [-0.1, -0.05) is 371 Å². The highest BCUT2D eigenvalue weighted by Gasteiger charge is 2.26. The summed E-state index contributed by atoms with van der Waals surface area (Å²) in [6.07, 6.45) is 90.9. The van der Waals surface area contributed by atoms with Gasteiger partial charge in [0.2, 0.25) is 0 Å². The van der Waals surface area contributed by atoms with Gasteiger partial charge in [-0.15, -0.1) is 0 Å². The SMILES string of the molecule is CC/C=C\C/C=C\C/C=C\C/C=C\CCCCCCCCCCCCCCCCCCCCC(=O)OC(COC(=O)CCCCCCCCCCCCCCCCCCCCCCCCCCCCCCCCCCC)COP(=O)(O)OCCN. The van der Waals surface area contributed by atoms with Gasteiger partial charge in [0.05, 0.1) is 13.2 Å². The van der Waals surface area contributed by atoms with Crippen LogP contribution in [-0.4, -0.2) is 49.3 Å². The van der Waals surface area contributed by atoms with Crippen molar-refractivity contribution in [2.45, 2.75) is 392 Å². The second kappa shape index (κ2) is 71.1. The lowest BCUT2D eigenvalue weighted by Gasteiger charge is -2.19. The topological polar surface area (TPSA) is 134 Å². The number of carbonyl (C=O) groups excluding carboxylic acids is 2. The minimum atomic E-state index is -4.39. The van der Waals surface area contributed by atoms with Gasteiger partial charge in [-0.2, -0.15) is 0 Å². The normalized spacial score (nSPS) is 13.1. The van der Waals surface area contributed by atoms with Crippen molar-refractivity contribution >= 4 is 19.8 Å². The quantitative estimate of drug-likeness (QED) is 0.0264. The predicted molar refractivity (Wildman–Crippen MR) is 367 cm³/mol. The van der Waals surface area contributed by atoms with E-state index in [0.29, 0.717) is 6.42 Å². The molecule has 0 aliphatic rings. The van der Waals surface area contributed by atoms with Gasteiger partial charge in [0.1, 0.15) is 6.61 Å². The fourth-order valence-corrected chi connectivity index (χ4v) is 12.0. The Labute approximate surface area is 527 Å². The number of allylic oxidation sites excluding steroid dienone is 8. The molecule has 0 heterocycles. The second-order valence-corrected chi connectivity index (χ2v) is 26.6. The molecule has 2 atom stereocenters. The first-order valence-electron chi connectivity index (χ1n) is 37.1. The number of esters is 2. The van der Waals surface area contributed by atoms with Crippen molar-refractivity contribution in [3.8, 4) is 0 Å². The highest BCUT2D eigenvalue weighted by atomic mass is 31.2. The zero-order valence-electron chi connectivity index (χ0n) is 56.4. The number of unbranched alkanes of at least 4 members (excludes halogenated alkanes) is 50. The van der Waals surface area contributed by atoms with Gasteiger partial charge in [0.25, 0.3) is 0 Å². The molecule has 0 aromatic carbocycles. The van der Waals surface area contributed by atoms with Crippen LogP contribution in [0.15, 0.2) is 48.6 Å². The van der Waals surface area contributed by atoms with Gasteiger partial charge in [-0.25, -0.2) is 4.57 Å². The lowest BCUT2D eigenvalue weighted by molar-refractivity contribution is -0.161. The molecule has 9 nitrogen and oxygen atoms in total. The van der Waals surface area contributed by atoms with E-state index in [1.807, 2.05) is 0 Å². The highest BCUT2D eigenvalue weighted by Crippen LogP contribution is 2.43. The van der Waals surface area contributed by atoms with Crippen molar-refractivity contribution in [2.24, 2.45) is 5.73 Å². The summed E-state index contributed by atoms with van der Waals surface area (Å²) in [5.74, 6) is -0.805. The summed E-state index contributed by atoms with van der Waals surface area (Å²) >= 11 is 0. The summed E-state index contributed by atoms with van der Waals surface area (Å²) in [6.45, 7) is 3.71. The lowest BCUT2D eigenvalue weighted by atomic mass is 10.0. The molecule has 85 heavy (non-hydrogen) atoms. The van der Waals surface area contributed by atoms with Crippen LogP contribution in [0.1, 0.15) is 386 Å². The number of hydrogen-bond donors (Lipinski definition) is 2. The lowest BCUT2D eigenvalue weighted by Crippen LogP contribution is -2.29. The highest BCUT2D eigenvalue weighted by molar-refractivity contribution is 7.47. The van der Waals surface area contributed by atoms with Crippen LogP contribution in [0.2, 0.25) is 0 Å². The molecule has 0 amide bonds. The van der Waals surface area contributed by atoms with Crippen LogP contribution >= 0.6 is 7.82 Å². The Kier molecular flexibility index (Phi) is 69.4. The average molecular weight is 1220 g/mol. The molecule has 0 rings (SSSR count). The van der Waals surface area contributed by atoms with Crippen molar-refractivity contribution in [1.29, 1.82) is 0 Å². The number of hydrogen-bond acceptors (Lipinski definition) is 8. The molecule has 0 bridgehead atoms. The molecule has 0 aliphatic carbocycles. The second-order valence-electron chi connectivity index (χ2n) is 25.1. The van der Waals surface area contributed by atoms with E-state index < -0.39 is 26.5 Å². The molecule has 0 spiro atoms. The Bertz CT molecular complexity index is 1530. The van der Waals surface area contributed by atoms with Crippen LogP contribution in [0.5, 0.6) is 0 Å². The molecule has 0 radical (unpaired) electrons. The van der Waals surface area contributed by atoms with Crippen LogP contribution in [0.3, 0.4) is 0 Å². The van der Waals surface area contributed by atoms with E-state index in [4.69, 9.17) is 24.3 Å². The standard InChI is InChI=1S/C75H142NO8P/c1-3-5-7-9-11-13-15-17-19-21-23-25-27-29-31-33-35-36-38-39-41-43-45-47-49-51-53-55-57-59-61-63-65-67-74(77)81-71-73(72-83-85(79,80)82-70-69-76)84-75(78)68-66-64-62-60-58-56-54-52-50-48-46-44-42-40-37-34-32-30-28-26-24-22-20-18-16-14-12-10-8-6-4-2/h6,8,12,14,18,20,24,26,73H,3-5,7,9-11,13,15-17,19,21-23,25,27-72,76H2,1-2H3,(H,79,80)/b8-6-,14-12-,20-18-,26-24-. The van der Waals surface area contributed by atoms with E-state index in [1.165, 1.54) is 295 Å². The fourth-order valence-electron chi connectivity index (χ4n) is 11.3. The molecule has 500 valence electrons. The third-order valence-corrected chi connectivity index (χ3v) is 17.7. The summed E-state index contributed by atoms with van der Waals surface area (Å²) < 4.78 is 33.2. The summed E-state index contributed by atoms with van der Waals surface area (Å²) in [6, 6.07) is 0. The molecule has 3 N–H and O–H groups in total. The number of phosphoric ester groups is 1. The maximum absolute atomic E-state index is 12.8. The summed E-state index contributed by atoms with van der Waals surface area (Å²) in [5.41, 5.74) is 5.41. The third-order valence-electron chi connectivity index (χ3n) is 16.7. The molecule has 0 aliphatic heterocycles. The van der Waals surface area contributed by atoms with Crippen molar-refractivity contribution < 1.29 is 37.6 Å². The van der Waals surface area contributed by atoms with Crippen molar-refractivity contribution in [1.82, 2.24) is 0 Å². The molecule has 0 saturated carbocycles. The zero-order valence-corrected chi connectivity index (χ0v) is 57.3. The van der Waals surface area contributed by atoms with Gasteiger partial charge < -0.3 is 20.1 Å². The maximum Gasteiger partial charge on any atom is 0.472 e. The van der Waals surface area contributed by atoms with Crippen molar-refractivity contribution in [2.75, 3.05) is 26.4 Å². The molecule has 0 aromatic rings. The van der Waals surface area contributed by atoms with Crippen LogP contribution in [-0.2, 0) is 32.7 Å². The molecular weight excluding hydrogens is 1070 g/mol. The van der Waals surface area contributed by atoms with Crippen LogP contribution < -0.4 is 5.73 Å². The van der Waals surface area contributed by atoms with E-state index in [-0.39, 0.29) is 38.6 Å². The van der Waals surface area contributed by atoms with Crippen LogP contribution in [0.25, 0.3) is 0 Å².